The molecule has 7 heteroatoms. The number of halogens is 1. The number of aryl methyl sites for hydroxylation is 1. The molecule has 65 heavy (non-hydrogen) atoms. The van der Waals surface area contributed by atoms with Crippen LogP contribution in [0, 0.1) is 38.5 Å². The first-order chi connectivity index (χ1) is 30.4. The van der Waals surface area contributed by atoms with Crippen molar-refractivity contribution in [2.24, 2.45) is 0 Å². The largest absolute Gasteiger partial charge is 0.509 e. The van der Waals surface area contributed by atoms with Crippen LogP contribution in [0.2, 0.25) is 0 Å². The fourth-order valence-corrected chi connectivity index (χ4v) is 9.34. The van der Waals surface area contributed by atoms with Crippen LogP contribution in [0.5, 0.6) is 11.5 Å². The maximum atomic E-state index is 14.9. The van der Waals surface area contributed by atoms with Crippen LogP contribution in [0.15, 0.2) is 115 Å². The van der Waals surface area contributed by atoms with Crippen LogP contribution < -0.4 is 14.5 Å². The molecule has 0 unspecified atom stereocenters. The number of aromatic nitrogens is 2. The first-order valence-corrected chi connectivity index (χ1v) is 22.5. The minimum Gasteiger partial charge on any atom is -0.509 e. The summed E-state index contributed by atoms with van der Waals surface area (Å²) in [5.74, 6) is 2.21. The van der Waals surface area contributed by atoms with Gasteiger partial charge in [0.05, 0.1) is 0 Å². The SMILES string of the molecule is Cc1cc(F)cc(-c2cc(C(C)C)c(N3[CH-]N(c4[c-]c(Oc5[c-]c6c(cc5)c5ccccc5n6-c5cc(C(C)(C)C)ccn5)cc(C(C)(C)C)c4)c4ccccc43)c(C(C)C)c2C)c1.[Pt]. The summed E-state index contributed by atoms with van der Waals surface area (Å²) < 4.78 is 23.9. The Hall–Kier alpha value is -5.71. The zero-order valence-corrected chi connectivity index (χ0v) is 41.9. The molecule has 0 spiro atoms. The van der Waals surface area contributed by atoms with Gasteiger partial charge in [-0.3, -0.25) is 0 Å². The molecule has 0 saturated carbocycles. The van der Waals surface area contributed by atoms with Gasteiger partial charge in [-0.15, -0.1) is 53.6 Å². The number of hydrogen-bond acceptors (Lipinski definition) is 4. The maximum Gasteiger partial charge on any atom is 0.135 e. The normalized spacial score (nSPS) is 13.0. The number of ether oxygens (including phenoxy) is 1. The van der Waals surface area contributed by atoms with Crippen LogP contribution in [-0.2, 0) is 31.9 Å². The van der Waals surface area contributed by atoms with Crippen LogP contribution in [0.25, 0.3) is 38.8 Å². The first kappa shape index (κ1) is 45.8. The van der Waals surface area contributed by atoms with Crippen LogP contribution in [0.1, 0.15) is 114 Å². The zero-order valence-electron chi connectivity index (χ0n) is 39.6. The molecule has 0 aliphatic carbocycles. The van der Waals surface area contributed by atoms with Crippen molar-refractivity contribution in [3.63, 3.8) is 0 Å². The fourth-order valence-electron chi connectivity index (χ4n) is 9.34. The number of nitrogens with zero attached hydrogens (tertiary/aromatic N) is 4. The van der Waals surface area contributed by atoms with Crippen LogP contribution >= 0.6 is 0 Å². The van der Waals surface area contributed by atoms with Crippen LogP contribution in [0.3, 0.4) is 0 Å². The number of pyridine rings is 1. The van der Waals surface area contributed by atoms with Crippen LogP contribution in [-0.4, -0.2) is 9.55 Å². The second kappa shape index (κ2) is 17.3. The van der Waals surface area contributed by atoms with E-state index in [4.69, 9.17) is 9.72 Å². The molecule has 0 radical (unpaired) electrons. The predicted molar refractivity (Wildman–Crippen MR) is 265 cm³/mol. The smallest absolute Gasteiger partial charge is 0.135 e. The average Bonchev–Trinajstić information content (AvgIpc) is 3.78. The Morgan fingerprint density at radius 3 is 2.05 bits per heavy atom. The van der Waals surface area contributed by atoms with Gasteiger partial charge in [-0.1, -0.05) is 111 Å². The molecule has 3 heterocycles. The molecule has 8 aromatic rings. The summed E-state index contributed by atoms with van der Waals surface area (Å²) in [5.41, 5.74) is 14.7. The Balaban J connectivity index is 0.00000576. The third-order valence-electron chi connectivity index (χ3n) is 12.6. The summed E-state index contributed by atoms with van der Waals surface area (Å²) in [6.45, 7) is 28.7. The minimum atomic E-state index is -0.217. The van der Waals surface area contributed by atoms with Gasteiger partial charge in [-0.2, -0.15) is 6.07 Å². The molecular weight excluding hydrogens is 983 g/mol. The third-order valence-corrected chi connectivity index (χ3v) is 12.6. The Morgan fingerprint density at radius 1 is 0.677 bits per heavy atom. The molecule has 5 nitrogen and oxygen atoms in total. The van der Waals surface area contributed by atoms with E-state index in [1.165, 1.54) is 22.4 Å². The van der Waals surface area contributed by atoms with E-state index in [0.717, 1.165) is 72.5 Å². The molecule has 9 rings (SSSR count). The molecule has 2 aromatic heterocycles. The summed E-state index contributed by atoms with van der Waals surface area (Å²) in [4.78, 5) is 9.47. The third kappa shape index (κ3) is 8.51. The molecule has 6 aromatic carbocycles. The molecular formula is C58H58FN4OPt-3. The van der Waals surface area contributed by atoms with Crippen LogP contribution in [0.4, 0.5) is 27.1 Å². The van der Waals surface area contributed by atoms with E-state index < -0.39 is 0 Å². The van der Waals surface area contributed by atoms with Crippen molar-refractivity contribution in [2.45, 2.75) is 106 Å². The van der Waals surface area contributed by atoms with Gasteiger partial charge in [0.15, 0.2) is 0 Å². The summed E-state index contributed by atoms with van der Waals surface area (Å²) in [6, 6.07) is 44.8. The molecule has 0 amide bonds. The van der Waals surface area contributed by atoms with E-state index in [2.05, 4.69) is 200 Å². The van der Waals surface area contributed by atoms with Crippen molar-refractivity contribution in [1.29, 1.82) is 0 Å². The van der Waals surface area contributed by atoms with Crippen molar-refractivity contribution < 1.29 is 30.2 Å². The van der Waals surface area contributed by atoms with Crippen molar-refractivity contribution in [3.05, 3.63) is 173 Å². The summed E-state index contributed by atoms with van der Waals surface area (Å²) in [7, 11) is 0. The molecule has 0 N–H and O–H groups in total. The summed E-state index contributed by atoms with van der Waals surface area (Å²) in [6.07, 6.45) is 1.90. The maximum absolute atomic E-state index is 14.9. The molecule has 0 saturated heterocycles. The number of para-hydroxylation sites is 3. The van der Waals surface area contributed by atoms with Crippen molar-refractivity contribution in [1.82, 2.24) is 9.55 Å². The Bertz CT molecular complexity index is 3080. The first-order valence-electron chi connectivity index (χ1n) is 22.5. The Morgan fingerprint density at radius 2 is 1.37 bits per heavy atom. The molecule has 0 fully saturated rings. The minimum absolute atomic E-state index is 0. The summed E-state index contributed by atoms with van der Waals surface area (Å²) >= 11 is 0. The Kier molecular flexibility index (Phi) is 12.2. The number of hydrogen-bond donors (Lipinski definition) is 0. The molecule has 336 valence electrons. The second-order valence-corrected chi connectivity index (χ2v) is 20.1. The fraction of sp³-hybridized carbons (Fsp3) is 0.276. The Labute approximate surface area is 399 Å². The van der Waals surface area contributed by atoms with Gasteiger partial charge in [0, 0.05) is 61.3 Å². The predicted octanol–water partition coefficient (Wildman–Crippen LogP) is 16.2. The molecule has 0 bridgehead atoms. The van der Waals surface area contributed by atoms with Gasteiger partial charge < -0.3 is 19.1 Å². The molecule has 0 atom stereocenters. The quantitative estimate of drug-likeness (QED) is 0.142. The number of rotatable bonds is 8. The summed E-state index contributed by atoms with van der Waals surface area (Å²) in [5, 5.41) is 2.22. The van der Waals surface area contributed by atoms with Crippen molar-refractivity contribution in [2.75, 3.05) is 9.80 Å². The van der Waals surface area contributed by atoms with Gasteiger partial charge in [0.2, 0.25) is 0 Å². The topological polar surface area (TPSA) is 33.5 Å². The van der Waals surface area contributed by atoms with Gasteiger partial charge >= 0.3 is 0 Å². The number of anilines is 4. The standard InChI is InChI=1S/C58H58FN4O.Pt/c1-35(2)48-33-49(39-25-37(5)26-42(59)27-39)38(6)55(36(3)4)56(48)62-34-61(51-19-15-16-20-52(51)62)43-28-41(58(10,11)12)29-45(31-43)64-44-21-22-47-46-17-13-14-18-50(46)63(53(47)32-44)54-30-40(23-24-60-54)57(7,8)9;/h13-30,33-36H,1-12H3;/q-3;. The van der Waals surface area contributed by atoms with Gasteiger partial charge in [0.25, 0.3) is 0 Å². The number of benzene rings is 6. The van der Waals surface area contributed by atoms with E-state index in [0.29, 0.717) is 11.5 Å². The second-order valence-electron chi connectivity index (χ2n) is 20.1. The number of fused-ring (bicyclic) bond motifs is 4. The van der Waals surface area contributed by atoms with E-state index in [9.17, 15) is 4.39 Å². The average molecular weight is 1040 g/mol. The van der Waals surface area contributed by atoms with Gasteiger partial charge in [-0.05, 0) is 129 Å². The van der Waals surface area contributed by atoms with E-state index in [-0.39, 0.29) is 49.5 Å². The zero-order chi connectivity index (χ0) is 45.4. The molecule has 1 aliphatic rings. The van der Waals surface area contributed by atoms with E-state index in [1.807, 2.05) is 19.2 Å². The van der Waals surface area contributed by atoms with Gasteiger partial charge in [-0.25, -0.2) is 9.37 Å². The monoisotopic (exact) mass is 1040 g/mol. The van der Waals surface area contributed by atoms with Gasteiger partial charge in [0.1, 0.15) is 11.6 Å². The van der Waals surface area contributed by atoms with E-state index in [1.54, 1.807) is 12.1 Å². The van der Waals surface area contributed by atoms with E-state index >= 15 is 0 Å². The van der Waals surface area contributed by atoms with Crippen molar-refractivity contribution >= 4 is 44.6 Å². The molecule has 1 aliphatic heterocycles. The van der Waals surface area contributed by atoms with Crippen molar-refractivity contribution in [3.8, 4) is 28.4 Å².